The Morgan fingerprint density at radius 3 is 2.54 bits per heavy atom. The zero-order chi connectivity index (χ0) is 17.7. The summed E-state index contributed by atoms with van der Waals surface area (Å²) in [5, 5.41) is 0. The van der Waals surface area contributed by atoms with E-state index in [1.807, 2.05) is 11.9 Å². The van der Waals surface area contributed by atoms with Crippen molar-refractivity contribution in [2.75, 3.05) is 20.1 Å². The molecule has 1 aromatic carbocycles. The molecule has 0 aromatic heterocycles. The van der Waals surface area contributed by atoms with Crippen LogP contribution < -0.4 is 0 Å². The first-order valence-corrected chi connectivity index (χ1v) is 10.8. The summed E-state index contributed by atoms with van der Waals surface area (Å²) < 4.78 is 0. The summed E-state index contributed by atoms with van der Waals surface area (Å²) in [5.74, 6) is 0.857. The van der Waals surface area contributed by atoms with Gasteiger partial charge in [-0.05, 0) is 67.7 Å². The number of rotatable bonds is 1. The van der Waals surface area contributed by atoms with Crippen LogP contribution in [0.3, 0.4) is 0 Å². The molecule has 26 heavy (non-hydrogen) atoms. The number of piperidine rings is 1. The molecule has 2 heterocycles. The van der Waals surface area contributed by atoms with E-state index >= 15 is 0 Å². The van der Waals surface area contributed by atoms with Crippen molar-refractivity contribution in [2.45, 2.75) is 75.3 Å². The Kier molecular flexibility index (Phi) is 4.11. The second kappa shape index (κ2) is 6.37. The molecule has 140 valence electrons. The summed E-state index contributed by atoms with van der Waals surface area (Å²) in [6.07, 6.45) is 11.6. The molecular formula is C23H32N2O. The summed E-state index contributed by atoms with van der Waals surface area (Å²) in [5.41, 5.74) is 3.32. The first-order chi connectivity index (χ1) is 12.7. The Labute approximate surface area is 157 Å². The maximum absolute atomic E-state index is 12.4. The van der Waals surface area contributed by atoms with Crippen LogP contribution in [0.5, 0.6) is 0 Å². The molecule has 0 radical (unpaired) electrons. The quantitative estimate of drug-likeness (QED) is 0.753. The van der Waals surface area contributed by atoms with Gasteiger partial charge in [-0.2, -0.15) is 0 Å². The SMILES string of the molecule is CN1C(=O)C[C@@H]2CC3(CCN(C4CCCCC4)CC3)c3ccccc3[C@@H]21. The number of fused-ring (bicyclic) bond motifs is 4. The average Bonchev–Trinajstić information content (AvgIpc) is 2.97. The Bertz CT molecular complexity index is 685. The van der Waals surface area contributed by atoms with Crippen molar-refractivity contribution < 1.29 is 4.79 Å². The molecular weight excluding hydrogens is 320 g/mol. The molecule has 4 aliphatic rings. The van der Waals surface area contributed by atoms with E-state index < -0.39 is 0 Å². The number of likely N-dealkylation sites (tertiary alicyclic amines) is 2. The molecule has 3 nitrogen and oxygen atoms in total. The maximum atomic E-state index is 12.4. The zero-order valence-electron chi connectivity index (χ0n) is 16.1. The van der Waals surface area contributed by atoms with Gasteiger partial charge in [0.2, 0.25) is 5.91 Å². The number of nitrogens with zero attached hydrogens (tertiary/aromatic N) is 2. The van der Waals surface area contributed by atoms with E-state index in [2.05, 4.69) is 29.2 Å². The Morgan fingerprint density at radius 2 is 1.77 bits per heavy atom. The van der Waals surface area contributed by atoms with Crippen molar-refractivity contribution in [1.29, 1.82) is 0 Å². The Morgan fingerprint density at radius 1 is 1.04 bits per heavy atom. The second-order valence-electron chi connectivity index (χ2n) is 9.31. The topological polar surface area (TPSA) is 23.6 Å². The van der Waals surface area contributed by atoms with Crippen molar-refractivity contribution in [1.82, 2.24) is 9.80 Å². The minimum absolute atomic E-state index is 0.314. The highest BCUT2D eigenvalue weighted by atomic mass is 16.2. The molecule has 1 spiro atoms. The monoisotopic (exact) mass is 352 g/mol. The van der Waals surface area contributed by atoms with Crippen molar-refractivity contribution in [3.8, 4) is 0 Å². The Hall–Kier alpha value is -1.35. The van der Waals surface area contributed by atoms with Gasteiger partial charge < -0.3 is 9.80 Å². The normalized spacial score (nSPS) is 31.9. The summed E-state index contributed by atoms with van der Waals surface area (Å²) >= 11 is 0. The highest BCUT2D eigenvalue weighted by Gasteiger charge is 2.51. The van der Waals surface area contributed by atoms with Crippen LogP contribution in [0.25, 0.3) is 0 Å². The Balaban J connectivity index is 1.42. The summed E-state index contributed by atoms with van der Waals surface area (Å²) in [7, 11) is 2.01. The van der Waals surface area contributed by atoms with E-state index in [4.69, 9.17) is 0 Å². The number of amides is 1. The van der Waals surface area contributed by atoms with Crippen molar-refractivity contribution in [2.24, 2.45) is 5.92 Å². The number of carbonyl (C=O) groups excluding carboxylic acids is 1. The standard InChI is InChI=1S/C23H32N2O/c1-24-21(26)15-17-16-23(20-10-6-5-9-19(20)22(17)24)11-13-25(14-12-23)18-7-3-2-4-8-18/h5-6,9-10,17-18,22H,2-4,7-8,11-16H2,1H3/t17-,22-/m1/s1. The fourth-order valence-corrected chi connectivity index (χ4v) is 6.68. The smallest absolute Gasteiger partial charge is 0.223 e. The van der Waals surface area contributed by atoms with Gasteiger partial charge in [-0.1, -0.05) is 43.5 Å². The van der Waals surface area contributed by atoms with Crippen molar-refractivity contribution in [3.63, 3.8) is 0 Å². The average molecular weight is 353 g/mol. The van der Waals surface area contributed by atoms with Crippen LogP contribution in [0.4, 0.5) is 0 Å². The predicted octanol–water partition coefficient (Wildman–Crippen LogP) is 4.28. The molecule has 3 fully saturated rings. The molecule has 1 saturated carbocycles. The minimum Gasteiger partial charge on any atom is -0.338 e. The van der Waals surface area contributed by atoms with Crippen LogP contribution >= 0.6 is 0 Å². The molecule has 1 amide bonds. The molecule has 2 aliphatic carbocycles. The van der Waals surface area contributed by atoms with E-state index in [1.54, 1.807) is 5.56 Å². The number of hydrogen-bond donors (Lipinski definition) is 0. The molecule has 2 saturated heterocycles. The molecule has 3 heteroatoms. The van der Waals surface area contributed by atoms with Crippen LogP contribution in [-0.2, 0) is 10.2 Å². The molecule has 5 rings (SSSR count). The van der Waals surface area contributed by atoms with Gasteiger partial charge in [0.15, 0.2) is 0 Å². The van der Waals surface area contributed by atoms with Gasteiger partial charge in [0.25, 0.3) is 0 Å². The number of benzene rings is 1. The predicted molar refractivity (Wildman–Crippen MR) is 104 cm³/mol. The largest absolute Gasteiger partial charge is 0.338 e. The second-order valence-corrected chi connectivity index (χ2v) is 9.31. The third kappa shape index (κ3) is 2.54. The summed E-state index contributed by atoms with van der Waals surface area (Å²) in [6, 6.07) is 10.2. The minimum atomic E-state index is 0.314. The van der Waals surface area contributed by atoms with Gasteiger partial charge in [-0.15, -0.1) is 0 Å². The summed E-state index contributed by atoms with van der Waals surface area (Å²) in [6.45, 7) is 2.50. The van der Waals surface area contributed by atoms with E-state index in [0.717, 1.165) is 12.5 Å². The molecule has 1 aromatic rings. The molecule has 0 bridgehead atoms. The lowest BCUT2D eigenvalue weighted by Crippen LogP contribution is -2.50. The van der Waals surface area contributed by atoms with Crippen LogP contribution in [0, 0.1) is 5.92 Å². The van der Waals surface area contributed by atoms with Gasteiger partial charge >= 0.3 is 0 Å². The molecule has 0 unspecified atom stereocenters. The lowest BCUT2D eigenvalue weighted by molar-refractivity contribution is -0.127. The molecule has 0 N–H and O–H groups in total. The molecule has 2 atom stereocenters. The fraction of sp³-hybridized carbons (Fsp3) is 0.696. The first-order valence-electron chi connectivity index (χ1n) is 10.8. The van der Waals surface area contributed by atoms with Crippen LogP contribution in [0.1, 0.15) is 75.0 Å². The van der Waals surface area contributed by atoms with Crippen LogP contribution in [0.2, 0.25) is 0 Å². The lowest BCUT2D eigenvalue weighted by Gasteiger charge is -2.50. The fourth-order valence-electron chi connectivity index (χ4n) is 6.68. The van der Waals surface area contributed by atoms with Gasteiger partial charge in [-0.25, -0.2) is 0 Å². The van der Waals surface area contributed by atoms with Gasteiger partial charge in [0.1, 0.15) is 0 Å². The summed E-state index contributed by atoms with van der Waals surface area (Å²) in [4.78, 5) is 17.2. The number of hydrogen-bond acceptors (Lipinski definition) is 2. The van der Waals surface area contributed by atoms with Crippen molar-refractivity contribution >= 4 is 5.91 Å². The first kappa shape index (κ1) is 16.8. The van der Waals surface area contributed by atoms with E-state index in [0.29, 0.717) is 23.3 Å². The highest BCUT2D eigenvalue weighted by molar-refractivity contribution is 5.80. The third-order valence-electron chi connectivity index (χ3n) is 8.04. The van der Waals surface area contributed by atoms with E-state index in [1.165, 1.54) is 70.0 Å². The number of carbonyl (C=O) groups is 1. The van der Waals surface area contributed by atoms with E-state index in [9.17, 15) is 4.79 Å². The van der Waals surface area contributed by atoms with Gasteiger partial charge in [0, 0.05) is 19.5 Å². The van der Waals surface area contributed by atoms with E-state index in [-0.39, 0.29) is 0 Å². The maximum Gasteiger partial charge on any atom is 0.223 e. The van der Waals surface area contributed by atoms with Gasteiger partial charge in [0.05, 0.1) is 6.04 Å². The zero-order valence-corrected chi connectivity index (χ0v) is 16.1. The van der Waals surface area contributed by atoms with Crippen LogP contribution in [-0.4, -0.2) is 41.9 Å². The highest BCUT2D eigenvalue weighted by Crippen LogP contribution is 2.55. The van der Waals surface area contributed by atoms with Gasteiger partial charge in [-0.3, -0.25) is 4.79 Å². The van der Waals surface area contributed by atoms with Crippen molar-refractivity contribution in [3.05, 3.63) is 35.4 Å². The van der Waals surface area contributed by atoms with Crippen LogP contribution in [0.15, 0.2) is 24.3 Å². The lowest BCUT2D eigenvalue weighted by atomic mass is 9.60. The third-order valence-corrected chi connectivity index (χ3v) is 8.04. The molecule has 2 aliphatic heterocycles.